The van der Waals surface area contributed by atoms with Gasteiger partial charge in [-0.3, -0.25) is 9.05 Å². The van der Waals surface area contributed by atoms with Gasteiger partial charge >= 0.3 is 45.9 Å². The lowest BCUT2D eigenvalue weighted by atomic mass is 10.7. The first kappa shape index (κ1) is 30.3. The van der Waals surface area contributed by atoms with Crippen molar-refractivity contribution in [3.63, 3.8) is 0 Å². The molecule has 0 bridgehead atoms. The molecule has 0 aromatic rings. The Morgan fingerprint density at radius 3 is 1.06 bits per heavy atom. The Hall–Kier alpha value is 0.270. The van der Waals surface area contributed by atoms with Gasteiger partial charge < -0.3 is 9.05 Å². The van der Waals surface area contributed by atoms with Gasteiger partial charge in [-0.1, -0.05) is 0 Å². The van der Waals surface area contributed by atoms with Crippen molar-refractivity contribution in [1.82, 2.24) is 0 Å². The van der Waals surface area contributed by atoms with Crippen LogP contribution in [0.2, 0.25) is 0 Å². The molecule has 0 unspecified atom stereocenters. The van der Waals surface area contributed by atoms with Gasteiger partial charge in [0.25, 0.3) is 0 Å². The van der Waals surface area contributed by atoms with Crippen molar-refractivity contribution in [2.75, 3.05) is 26.4 Å². The molecule has 24 heteroatoms. The first-order valence-electron chi connectivity index (χ1n) is 7.11. The maximum atomic E-state index is 12.5. The van der Waals surface area contributed by atoms with Crippen molar-refractivity contribution in [2.24, 2.45) is 13.5 Å². The highest BCUT2D eigenvalue weighted by molar-refractivity contribution is 8.00. The van der Waals surface area contributed by atoms with E-state index in [0.29, 0.717) is 0 Å². The molecule has 0 spiro atoms. The largest absolute Gasteiger partial charge is 0.412 e. The van der Waals surface area contributed by atoms with Crippen molar-refractivity contribution in [3.05, 3.63) is 0 Å². The normalized spacial score (nSPS) is 26.8. The maximum absolute atomic E-state index is 12.5. The molecule has 0 saturated carbocycles. The molecule has 0 aliphatic carbocycles. The maximum Gasteiger partial charge on any atom is 0.412 e. The molecule has 0 aromatic heterocycles. The lowest BCUT2D eigenvalue weighted by Gasteiger charge is -2.30. The predicted molar refractivity (Wildman–Crippen MR) is 87.8 cm³/mol. The second kappa shape index (κ2) is 10.1. The van der Waals surface area contributed by atoms with Crippen LogP contribution in [0.4, 0.5) is 52.7 Å². The third-order valence-electron chi connectivity index (χ3n) is 2.25. The quantitative estimate of drug-likeness (QED) is 0.206. The third-order valence-corrected chi connectivity index (χ3v) is 12.4. The average molecular weight is 602 g/mol. The second-order valence-electron chi connectivity index (χ2n) is 5.26. The molecular weight excluding hydrogens is 594 g/mol. The second-order valence-corrected chi connectivity index (χ2v) is 14.0. The molecule has 7 nitrogen and oxygen atoms in total. The Morgan fingerprint density at radius 2 is 0.750 bits per heavy atom. The highest BCUT2D eigenvalue weighted by Crippen LogP contribution is 2.83. The van der Waals surface area contributed by atoms with E-state index >= 15 is 0 Å². The van der Waals surface area contributed by atoms with Crippen molar-refractivity contribution in [1.29, 1.82) is 0 Å². The van der Waals surface area contributed by atoms with Crippen LogP contribution >= 0.6 is 43.7 Å². The molecule has 0 amide bonds. The minimum absolute atomic E-state index is 2.31. The van der Waals surface area contributed by atoms with Gasteiger partial charge in [0.05, 0.1) is 0 Å². The summed E-state index contributed by atoms with van der Waals surface area (Å²) in [5.74, 6) is 0. The van der Waals surface area contributed by atoms with E-state index in [-0.39, 0.29) is 0 Å². The molecule has 0 aromatic carbocycles. The lowest BCUT2D eigenvalue weighted by molar-refractivity contribution is -0.163. The average Bonchev–Trinajstić information content (AvgIpc) is 2.52. The van der Waals surface area contributed by atoms with Gasteiger partial charge in [0.15, 0.2) is 26.4 Å². The van der Waals surface area contributed by atoms with Gasteiger partial charge in [-0.25, -0.2) is 0 Å². The summed E-state index contributed by atoms with van der Waals surface area (Å²) >= 11 is 11.2. The number of nitrogens with zero attached hydrogens (tertiary/aromatic N) is 3. The van der Waals surface area contributed by atoms with Gasteiger partial charge in [-0.2, -0.15) is 66.2 Å². The van der Waals surface area contributed by atoms with Crippen LogP contribution in [0.5, 0.6) is 0 Å². The number of rotatable bonds is 8. The summed E-state index contributed by atoms with van der Waals surface area (Å²) < 4.78 is 175. The SMILES string of the molecule is FC(F)(F)COP1(OCC(F)(F)F)=N[P@](Cl)(OCC(F)(F)F)=N[P@](Cl)(OCC(F)(F)F)=N1. The Bertz CT molecular complexity index is 794. The van der Waals surface area contributed by atoms with Gasteiger partial charge in [0.2, 0.25) is 0 Å². The lowest BCUT2D eigenvalue weighted by Crippen LogP contribution is -2.20. The summed E-state index contributed by atoms with van der Waals surface area (Å²) in [6.07, 6.45) is -20.9. The molecule has 1 aliphatic rings. The highest BCUT2D eigenvalue weighted by Gasteiger charge is 2.46. The summed E-state index contributed by atoms with van der Waals surface area (Å²) in [5, 5.41) is 0. The van der Waals surface area contributed by atoms with Crippen LogP contribution in [0.15, 0.2) is 13.5 Å². The molecule has 0 fully saturated rings. The molecule has 192 valence electrons. The number of hydrogen-bond acceptors (Lipinski definition) is 7. The summed E-state index contributed by atoms with van der Waals surface area (Å²) in [6.45, 7) is -19.6. The first-order valence-corrected chi connectivity index (χ1v) is 13.7. The topological polar surface area (TPSA) is 74.0 Å². The van der Waals surface area contributed by atoms with Crippen LogP contribution in [0.3, 0.4) is 0 Å². The van der Waals surface area contributed by atoms with Crippen LogP contribution in [0.25, 0.3) is 0 Å². The standard InChI is InChI=1S/C8H8Cl2F12N3O4P3/c9-30(26-1-5(11,12)13)23-31(10,27-2-6(14,15)16)25-32(24-30,28-3-7(17,18)19)29-4-8(20,21)22/h1-4H2/t30-,31+. The number of hydrogen-bond donors (Lipinski definition) is 0. The summed E-state index contributed by atoms with van der Waals surface area (Å²) in [7, 11) is -5.42. The fourth-order valence-electron chi connectivity index (χ4n) is 1.34. The Balaban J connectivity index is 3.61. The zero-order valence-corrected chi connectivity index (χ0v) is 18.6. The summed E-state index contributed by atoms with van der Waals surface area (Å²) in [6, 6.07) is 0. The first-order chi connectivity index (χ1) is 13.9. The zero-order valence-electron chi connectivity index (χ0n) is 14.4. The summed E-state index contributed by atoms with van der Waals surface area (Å²) in [4.78, 5) is 0. The Labute approximate surface area is 179 Å². The van der Waals surface area contributed by atoms with Gasteiger partial charge in [-0.15, -0.1) is 0 Å². The Morgan fingerprint density at radius 1 is 0.469 bits per heavy atom. The van der Waals surface area contributed by atoms with Crippen LogP contribution in [0.1, 0.15) is 0 Å². The van der Waals surface area contributed by atoms with E-state index in [4.69, 9.17) is 22.5 Å². The van der Waals surface area contributed by atoms with E-state index in [0.717, 1.165) is 0 Å². The van der Waals surface area contributed by atoms with E-state index in [1.165, 1.54) is 0 Å². The molecule has 2 atom stereocenters. The van der Waals surface area contributed by atoms with Crippen molar-refractivity contribution in [2.45, 2.75) is 24.7 Å². The molecular formula is C8H8Cl2F12N3O4P3. The van der Waals surface area contributed by atoms with Gasteiger partial charge in [0, 0.05) is 0 Å². The molecule has 1 rings (SSSR count). The number of halogens is 14. The fourth-order valence-corrected chi connectivity index (χ4v) is 12.8. The Kier molecular flexibility index (Phi) is 9.56. The molecule has 1 heterocycles. The van der Waals surface area contributed by atoms with E-state index < -0.39 is 72.4 Å². The minimum atomic E-state index is -5.42. The van der Waals surface area contributed by atoms with E-state index in [9.17, 15) is 52.7 Å². The molecule has 0 saturated heterocycles. The third kappa shape index (κ3) is 12.1. The van der Waals surface area contributed by atoms with Crippen molar-refractivity contribution >= 4 is 43.7 Å². The monoisotopic (exact) mass is 601 g/mol. The van der Waals surface area contributed by atoms with Crippen molar-refractivity contribution < 1.29 is 70.8 Å². The molecule has 1 aliphatic heterocycles. The fraction of sp³-hybridized carbons (Fsp3) is 1.00. The van der Waals surface area contributed by atoms with Gasteiger partial charge in [-0.05, 0) is 22.5 Å². The zero-order chi connectivity index (χ0) is 25.3. The van der Waals surface area contributed by atoms with Gasteiger partial charge in [0.1, 0.15) is 0 Å². The van der Waals surface area contributed by atoms with Crippen LogP contribution in [-0.2, 0) is 18.1 Å². The summed E-state index contributed by atoms with van der Waals surface area (Å²) in [5.41, 5.74) is 0. The molecule has 0 radical (unpaired) electrons. The minimum Gasteiger partial charge on any atom is -0.306 e. The van der Waals surface area contributed by atoms with Crippen LogP contribution < -0.4 is 0 Å². The molecule has 32 heavy (non-hydrogen) atoms. The van der Waals surface area contributed by atoms with E-state index in [1.807, 2.05) is 0 Å². The smallest absolute Gasteiger partial charge is 0.306 e. The molecule has 0 N–H and O–H groups in total. The van der Waals surface area contributed by atoms with Crippen LogP contribution in [0, 0.1) is 0 Å². The predicted octanol–water partition coefficient (Wildman–Crippen LogP) is 8.63. The highest BCUT2D eigenvalue weighted by atomic mass is 35.7. The van der Waals surface area contributed by atoms with E-state index in [2.05, 4.69) is 31.6 Å². The van der Waals surface area contributed by atoms with E-state index in [1.54, 1.807) is 0 Å². The van der Waals surface area contributed by atoms with Crippen molar-refractivity contribution in [3.8, 4) is 0 Å². The number of alkyl halides is 12. The van der Waals surface area contributed by atoms with Crippen LogP contribution in [-0.4, -0.2) is 51.1 Å².